The van der Waals surface area contributed by atoms with Crippen LogP contribution in [0.15, 0.2) is 23.1 Å². The molecule has 0 bridgehead atoms. The fourth-order valence-corrected chi connectivity index (χ4v) is 2.20. The van der Waals surface area contributed by atoms with Crippen LogP contribution >= 0.6 is 11.8 Å². The van der Waals surface area contributed by atoms with Gasteiger partial charge >= 0.3 is 0 Å². The van der Waals surface area contributed by atoms with E-state index in [-0.39, 0.29) is 5.91 Å². The largest absolute Gasteiger partial charge is 0.362 e. The van der Waals surface area contributed by atoms with E-state index in [0.717, 1.165) is 16.3 Å². The smallest absolute Gasteiger partial charge is 0.234 e. The molecule has 0 unspecified atom stereocenters. The molecule has 80 valence electrons. The first-order chi connectivity index (χ1) is 7.20. The topological polar surface area (TPSA) is 58.4 Å². The summed E-state index contributed by atoms with van der Waals surface area (Å²) in [6.07, 6.45) is 0. The van der Waals surface area contributed by atoms with Gasteiger partial charge in [0.15, 0.2) is 0 Å². The van der Waals surface area contributed by atoms with Gasteiger partial charge in [0, 0.05) is 17.6 Å². The van der Waals surface area contributed by atoms with Crippen molar-refractivity contribution < 1.29 is 4.79 Å². The Bertz CT molecular complexity index is 394. The molecule has 5 heteroatoms. The highest BCUT2D eigenvalue weighted by molar-refractivity contribution is 8.00. The molecule has 1 heterocycles. The van der Waals surface area contributed by atoms with Crippen LogP contribution in [0.3, 0.4) is 0 Å². The molecule has 3 N–H and O–H groups in total. The number of carbonyl (C=O) groups excluding carboxylic acids is 1. The van der Waals surface area contributed by atoms with Crippen LogP contribution in [-0.4, -0.2) is 25.4 Å². The Morgan fingerprint density at radius 3 is 3.13 bits per heavy atom. The molecular formula is C10H13N3OS. The second-order valence-electron chi connectivity index (χ2n) is 3.40. The van der Waals surface area contributed by atoms with Gasteiger partial charge < -0.3 is 16.0 Å². The van der Waals surface area contributed by atoms with Crippen LogP contribution in [0, 0.1) is 0 Å². The highest BCUT2D eigenvalue weighted by Crippen LogP contribution is 2.33. The van der Waals surface area contributed by atoms with E-state index >= 15 is 0 Å². The third-order valence-corrected chi connectivity index (χ3v) is 3.38. The first-order valence-corrected chi connectivity index (χ1v) is 5.67. The lowest BCUT2D eigenvalue weighted by atomic mass is 10.2. The number of hydrogen-bond donors (Lipinski definition) is 2. The highest BCUT2D eigenvalue weighted by Gasteiger charge is 2.15. The molecule has 0 spiro atoms. The summed E-state index contributed by atoms with van der Waals surface area (Å²) in [5, 5.41) is 2.85. The summed E-state index contributed by atoms with van der Waals surface area (Å²) in [6, 6.07) is 5.98. The summed E-state index contributed by atoms with van der Waals surface area (Å²) < 4.78 is 0. The molecular weight excluding hydrogens is 210 g/mol. The highest BCUT2D eigenvalue weighted by atomic mass is 32.2. The van der Waals surface area contributed by atoms with Gasteiger partial charge in [-0.3, -0.25) is 4.79 Å². The third kappa shape index (κ3) is 2.08. The number of carbonyl (C=O) groups is 1. The van der Waals surface area contributed by atoms with Crippen molar-refractivity contribution in [2.24, 2.45) is 5.73 Å². The number of hydrogen-bond acceptors (Lipinski definition) is 4. The van der Waals surface area contributed by atoms with Crippen LogP contribution in [0.2, 0.25) is 0 Å². The summed E-state index contributed by atoms with van der Waals surface area (Å²) in [5.41, 5.74) is 7.44. The minimum atomic E-state index is 0.0556. The van der Waals surface area contributed by atoms with Crippen LogP contribution < -0.4 is 16.0 Å². The van der Waals surface area contributed by atoms with Crippen molar-refractivity contribution in [2.45, 2.75) is 4.90 Å². The molecule has 1 aromatic carbocycles. The van der Waals surface area contributed by atoms with E-state index in [1.165, 1.54) is 0 Å². The number of fused-ring (bicyclic) bond motifs is 1. The molecule has 1 aromatic rings. The molecule has 1 aliphatic heterocycles. The Balaban J connectivity index is 2.32. The normalized spacial score (nSPS) is 14.4. The molecule has 4 nitrogen and oxygen atoms in total. The maximum Gasteiger partial charge on any atom is 0.234 e. The van der Waals surface area contributed by atoms with Gasteiger partial charge in [0.25, 0.3) is 0 Å². The van der Waals surface area contributed by atoms with E-state index in [9.17, 15) is 4.79 Å². The molecule has 0 saturated carbocycles. The van der Waals surface area contributed by atoms with Gasteiger partial charge in [-0.15, -0.1) is 11.8 Å². The predicted molar refractivity (Wildman–Crippen MR) is 63.3 cm³/mol. The zero-order chi connectivity index (χ0) is 10.8. The van der Waals surface area contributed by atoms with Crippen molar-refractivity contribution in [1.82, 2.24) is 0 Å². The van der Waals surface area contributed by atoms with Gasteiger partial charge in [-0.1, -0.05) is 0 Å². The van der Waals surface area contributed by atoms with Crippen LogP contribution in [0.5, 0.6) is 0 Å². The summed E-state index contributed by atoms with van der Waals surface area (Å²) in [7, 11) is 1.92. The van der Waals surface area contributed by atoms with Crippen molar-refractivity contribution in [3.05, 3.63) is 18.2 Å². The standard InChI is InChI=1S/C10H13N3OS/c1-13(6-11)7-2-3-9-8(4-7)12-10(14)5-15-9/h2-4H,5-6,11H2,1H3,(H,12,14). The van der Waals surface area contributed by atoms with Crippen molar-refractivity contribution in [1.29, 1.82) is 0 Å². The first-order valence-electron chi connectivity index (χ1n) is 4.68. The van der Waals surface area contributed by atoms with E-state index < -0.39 is 0 Å². The second kappa shape index (κ2) is 4.12. The number of nitrogens with zero attached hydrogens (tertiary/aromatic N) is 1. The number of amides is 1. The van der Waals surface area contributed by atoms with Gasteiger partial charge in [0.2, 0.25) is 5.91 Å². The van der Waals surface area contributed by atoms with Crippen molar-refractivity contribution in [2.75, 3.05) is 29.7 Å². The maximum absolute atomic E-state index is 11.2. The maximum atomic E-state index is 11.2. The number of rotatable bonds is 2. The van der Waals surface area contributed by atoms with E-state index in [1.54, 1.807) is 11.8 Å². The molecule has 0 saturated heterocycles. The van der Waals surface area contributed by atoms with Crippen LogP contribution in [0.4, 0.5) is 11.4 Å². The summed E-state index contributed by atoms with van der Waals surface area (Å²) in [6.45, 7) is 0.458. The first kappa shape index (κ1) is 10.3. The minimum Gasteiger partial charge on any atom is -0.362 e. The average Bonchev–Trinajstić information content (AvgIpc) is 2.27. The SMILES string of the molecule is CN(CN)c1ccc2c(c1)NC(=O)CS2. The molecule has 0 atom stereocenters. The number of nitrogens with one attached hydrogen (secondary N) is 1. The number of thioether (sulfide) groups is 1. The van der Waals surface area contributed by atoms with Gasteiger partial charge in [-0.25, -0.2) is 0 Å². The molecule has 0 aromatic heterocycles. The lowest BCUT2D eigenvalue weighted by Crippen LogP contribution is -2.25. The Hall–Kier alpha value is -1.20. The fourth-order valence-electron chi connectivity index (χ4n) is 1.41. The number of benzene rings is 1. The zero-order valence-electron chi connectivity index (χ0n) is 8.49. The molecule has 1 aliphatic rings. The van der Waals surface area contributed by atoms with E-state index in [4.69, 9.17) is 5.73 Å². The van der Waals surface area contributed by atoms with Gasteiger partial charge in [-0.05, 0) is 18.2 Å². The van der Waals surface area contributed by atoms with Gasteiger partial charge in [-0.2, -0.15) is 0 Å². The molecule has 1 amide bonds. The summed E-state index contributed by atoms with van der Waals surface area (Å²) >= 11 is 1.56. The zero-order valence-corrected chi connectivity index (χ0v) is 9.30. The van der Waals surface area contributed by atoms with E-state index in [0.29, 0.717) is 12.4 Å². The number of nitrogens with two attached hydrogens (primary N) is 1. The van der Waals surface area contributed by atoms with Gasteiger partial charge in [0.05, 0.1) is 18.1 Å². The van der Waals surface area contributed by atoms with E-state index in [2.05, 4.69) is 5.32 Å². The third-order valence-electron chi connectivity index (χ3n) is 2.31. The average molecular weight is 223 g/mol. The predicted octanol–water partition coefficient (Wildman–Crippen LogP) is 1.08. The Morgan fingerprint density at radius 2 is 2.40 bits per heavy atom. The minimum absolute atomic E-state index is 0.0556. The fraction of sp³-hybridized carbons (Fsp3) is 0.300. The van der Waals surface area contributed by atoms with Crippen LogP contribution in [0.1, 0.15) is 0 Å². The Kier molecular flexibility index (Phi) is 2.83. The molecule has 0 aliphatic carbocycles. The number of anilines is 2. The lowest BCUT2D eigenvalue weighted by molar-refractivity contribution is -0.113. The quantitative estimate of drug-likeness (QED) is 0.737. The monoisotopic (exact) mass is 223 g/mol. The second-order valence-corrected chi connectivity index (χ2v) is 4.42. The molecule has 15 heavy (non-hydrogen) atoms. The Morgan fingerprint density at radius 1 is 1.60 bits per heavy atom. The summed E-state index contributed by atoms with van der Waals surface area (Å²) in [4.78, 5) is 14.2. The molecule has 0 fully saturated rings. The van der Waals surface area contributed by atoms with E-state index in [1.807, 2.05) is 30.1 Å². The van der Waals surface area contributed by atoms with Crippen molar-refractivity contribution >= 4 is 29.0 Å². The molecule has 0 radical (unpaired) electrons. The molecule has 2 rings (SSSR count). The van der Waals surface area contributed by atoms with Crippen molar-refractivity contribution in [3.8, 4) is 0 Å². The lowest BCUT2D eigenvalue weighted by Gasteiger charge is -2.21. The van der Waals surface area contributed by atoms with Crippen LogP contribution in [-0.2, 0) is 4.79 Å². The van der Waals surface area contributed by atoms with Crippen LogP contribution in [0.25, 0.3) is 0 Å². The van der Waals surface area contributed by atoms with Gasteiger partial charge in [0.1, 0.15) is 0 Å². The Labute approximate surface area is 92.8 Å². The summed E-state index contributed by atoms with van der Waals surface area (Å²) in [5.74, 6) is 0.555. The van der Waals surface area contributed by atoms with Crippen molar-refractivity contribution in [3.63, 3.8) is 0 Å².